The van der Waals surface area contributed by atoms with Crippen LogP contribution in [0.4, 0.5) is 5.69 Å². The Hall–Kier alpha value is -2.62. The number of nitrogen functional groups attached to an aromatic ring is 1. The number of aryl methyl sites for hydroxylation is 2. The number of rotatable bonds is 3. The Morgan fingerprint density at radius 3 is 2.71 bits per heavy atom. The molecule has 1 aromatic carbocycles. The highest BCUT2D eigenvalue weighted by Crippen LogP contribution is 2.34. The van der Waals surface area contributed by atoms with Gasteiger partial charge >= 0.3 is 0 Å². The van der Waals surface area contributed by atoms with Crippen LogP contribution in [0.25, 0.3) is 10.8 Å². The topological polar surface area (TPSA) is 61.0 Å². The average Bonchev–Trinajstić information content (AvgIpc) is 2.51. The molecule has 0 saturated heterocycles. The Bertz CT molecular complexity index is 799. The minimum absolute atomic E-state index is 0.623. The van der Waals surface area contributed by atoms with E-state index in [9.17, 15) is 0 Å². The number of anilines is 1. The van der Waals surface area contributed by atoms with Crippen LogP contribution in [0.1, 0.15) is 18.3 Å². The van der Waals surface area contributed by atoms with Crippen LogP contribution in [0.5, 0.6) is 11.5 Å². The van der Waals surface area contributed by atoms with E-state index in [1.165, 1.54) is 0 Å². The van der Waals surface area contributed by atoms with Gasteiger partial charge in [0.05, 0.1) is 11.4 Å². The predicted molar refractivity (Wildman–Crippen MR) is 84.6 cm³/mol. The number of nitrogens with zero attached hydrogens (tertiary/aromatic N) is 2. The molecule has 4 heteroatoms. The first-order valence-corrected chi connectivity index (χ1v) is 6.95. The van der Waals surface area contributed by atoms with Crippen molar-refractivity contribution in [1.29, 1.82) is 0 Å². The number of fused-ring (bicyclic) bond motifs is 1. The van der Waals surface area contributed by atoms with E-state index in [-0.39, 0.29) is 0 Å². The van der Waals surface area contributed by atoms with Crippen LogP contribution in [0.15, 0.2) is 42.7 Å². The molecule has 21 heavy (non-hydrogen) atoms. The summed E-state index contributed by atoms with van der Waals surface area (Å²) in [5.74, 6) is 1.40. The summed E-state index contributed by atoms with van der Waals surface area (Å²) in [5, 5.41) is 1.95. The number of aromatic nitrogens is 2. The fourth-order valence-electron chi connectivity index (χ4n) is 2.32. The zero-order valence-corrected chi connectivity index (χ0v) is 12.1. The summed E-state index contributed by atoms with van der Waals surface area (Å²) in [4.78, 5) is 8.60. The highest BCUT2D eigenvalue weighted by molar-refractivity contribution is 5.95. The second-order valence-corrected chi connectivity index (χ2v) is 4.93. The third-order valence-electron chi connectivity index (χ3n) is 3.45. The molecule has 0 aliphatic carbocycles. The van der Waals surface area contributed by atoms with Crippen molar-refractivity contribution in [1.82, 2.24) is 9.97 Å². The van der Waals surface area contributed by atoms with E-state index in [0.717, 1.165) is 34.3 Å². The fourth-order valence-corrected chi connectivity index (χ4v) is 2.32. The van der Waals surface area contributed by atoms with Crippen LogP contribution < -0.4 is 10.5 Å². The Balaban J connectivity index is 2.04. The molecule has 0 atom stereocenters. The average molecular weight is 279 g/mol. The Kier molecular flexibility index (Phi) is 3.44. The summed E-state index contributed by atoms with van der Waals surface area (Å²) in [5.41, 5.74) is 8.76. The summed E-state index contributed by atoms with van der Waals surface area (Å²) >= 11 is 0. The molecular formula is C17H17N3O. The number of hydrogen-bond acceptors (Lipinski definition) is 4. The van der Waals surface area contributed by atoms with Crippen LogP contribution in [-0.2, 0) is 6.42 Å². The SMILES string of the molecule is CCc1nc(C)ccc1Oc1ccc2cnccc2c1N. The molecule has 2 heterocycles. The molecule has 106 valence electrons. The molecule has 0 aliphatic rings. The van der Waals surface area contributed by atoms with E-state index in [0.29, 0.717) is 11.4 Å². The normalized spacial score (nSPS) is 10.8. The number of ether oxygens (including phenoxy) is 1. The third kappa shape index (κ3) is 2.52. The van der Waals surface area contributed by atoms with Gasteiger partial charge in [0.15, 0.2) is 5.75 Å². The lowest BCUT2D eigenvalue weighted by Gasteiger charge is -2.13. The molecule has 0 unspecified atom stereocenters. The second-order valence-electron chi connectivity index (χ2n) is 4.93. The van der Waals surface area contributed by atoms with Gasteiger partial charge in [-0.3, -0.25) is 9.97 Å². The molecule has 4 nitrogen and oxygen atoms in total. The molecule has 0 spiro atoms. The molecule has 0 amide bonds. The van der Waals surface area contributed by atoms with Gasteiger partial charge in [-0.05, 0) is 43.7 Å². The van der Waals surface area contributed by atoms with Crippen molar-refractivity contribution in [3.63, 3.8) is 0 Å². The standard InChI is InChI=1S/C17H17N3O/c1-3-14-15(6-4-11(2)20-14)21-16-7-5-12-10-19-9-8-13(12)17(16)18/h4-10H,3,18H2,1-2H3. The van der Waals surface area contributed by atoms with Crippen molar-refractivity contribution >= 4 is 16.5 Å². The summed E-state index contributed by atoms with van der Waals surface area (Å²) in [6.45, 7) is 4.03. The van der Waals surface area contributed by atoms with Gasteiger partial charge in [-0.2, -0.15) is 0 Å². The molecule has 2 aromatic heterocycles. The van der Waals surface area contributed by atoms with Crippen LogP contribution in [-0.4, -0.2) is 9.97 Å². The van der Waals surface area contributed by atoms with E-state index in [2.05, 4.69) is 16.9 Å². The molecule has 0 aliphatic heterocycles. The quantitative estimate of drug-likeness (QED) is 0.739. The van der Waals surface area contributed by atoms with E-state index in [4.69, 9.17) is 10.5 Å². The second kappa shape index (κ2) is 5.40. The fraction of sp³-hybridized carbons (Fsp3) is 0.176. The van der Waals surface area contributed by atoms with Crippen molar-refractivity contribution in [2.75, 3.05) is 5.73 Å². The molecule has 2 N–H and O–H groups in total. The maximum Gasteiger partial charge on any atom is 0.151 e. The smallest absolute Gasteiger partial charge is 0.151 e. The summed E-state index contributed by atoms with van der Waals surface area (Å²) in [7, 11) is 0. The first-order chi connectivity index (χ1) is 10.2. The van der Waals surface area contributed by atoms with Gasteiger partial charge < -0.3 is 10.5 Å². The molecule has 0 bridgehead atoms. The Morgan fingerprint density at radius 1 is 1.10 bits per heavy atom. The molecule has 0 radical (unpaired) electrons. The summed E-state index contributed by atoms with van der Waals surface area (Å²) in [6.07, 6.45) is 4.34. The number of pyridine rings is 2. The Labute approximate surface area is 123 Å². The van der Waals surface area contributed by atoms with Crippen molar-refractivity contribution in [2.45, 2.75) is 20.3 Å². The van der Waals surface area contributed by atoms with Crippen LogP contribution >= 0.6 is 0 Å². The van der Waals surface area contributed by atoms with Gasteiger partial charge in [0.2, 0.25) is 0 Å². The minimum Gasteiger partial charge on any atom is -0.453 e. The van der Waals surface area contributed by atoms with Crippen molar-refractivity contribution in [3.8, 4) is 11.5 Å². The largest absolute Gasteiger partial charge is 0.453 e. The third-order valence-corrected chi connectivity index (χ3v) is 3.45. The van der Waals surface area contributed by atoms with Crippen molar-refractivity contribution < 1.29 is 4.74 Å². The van der Waals surface area contributed by atoms with Gasteiger partial charge in [0.1, 0.15) is 5.75 Å². The van der Waals surface area contributed by atoms with Crippen LogP contribution in [0.2, 0.25) is 0 Å². The molecular weight excluding hydrogens is 262 g/mol. The molecule has 0 saturated carbocycles. The van der Waals surface area contributed by atoms with Gasteiger partial charge in [0.25, 0.3) is 0 Å². The number of nitrogens with two attached hydrogens (primary N) is 1. The van der Waals surface area contributed by atoms with E-state index in [1.54, 1.807) is 12.4 Å². The number of hydrogen-bond donors (Lipinski definition) is 1. The first-order valence-electron chi connectivity index (χ1n) is 6.95. The van der Waals surface area contributed by atoms with Crippen molar-refractivity contribution in [2.24, 2.45) is 0 Å². The van der Waals surface area contributed by atoms with E-state index in [1.807, 2.05) is 37.3 Å². The van der Waals surface area contributed by atoms with Crippen LogP contribution in [0, 0.1) is 6.92 Å². The van der Waals surface area contributed by atoms with Gasteiger partial charge in [-0.15, -0.1) is 0 Å². The van der Waals surface area contributed by atoms with Gasteiger partial charge in [0, 0.05) is 28.9 Å². The predicted octanol–water partition coefficient (Wildman–Crippen LogP) is 3.88. The molecule has 3 aromatic rings. The van der Waals surface area contributed by atoms with Crippen LogP contribution in [0.3, 0.4) is 0 Å². The monoisotopic (exact) mass is 279 g/mol. The highest BCUT2D eigenvalue weighted by Gasteiger charge is 2.10. The maximum absolute atomic E-state index is 6.22. The van der Waals surface area contributed by atoms with E-state index < -0.39 is 0 Å². The van der Waals surface area contributed by atoms with Crippen molar-refractivity contribution in [3.05, 3.63) is 54.1 Å². The lowest BCUT2D eigenvalue weighted by Crippen LogP contribution is -1.98. The van der Waals surface area contributed by atoms with Gasteiger partial charge in [-0.1, -0.05) is 6.92 Å². The van der Waals surface area contributed by atoms with E-state index >= 15 is 0 Å². The lowest BCUT2D eigenvalue weighted by molar-refractivity contribution is 0.475. The van der Waals surface area contributed by atoms with Gasteiger partial charge in [-0.25, -0.2) is 0 Å². The lowest BCUT2D eigenvalue weighted by atomic mass is 10.1. The highest BCUT2D eigenvalue weighted by atomic mass is 16.5. The minimum atomic E-state index is 0.623. The zero-order valence-electron chi connectivity index (χ0n) is 12.1. The maximum atomic E-state index is 6.22. The zero-order chi connectivity index (χ0) is 14.8. The first kappa shape index (κ1) is 13.4. The summed E-state index contributed by atoms with van der Waals surface area (Å²) in [6, 6.07) is 9.61. The Morgan fingerprint density at radius 2 is 1.90 bits per heavy atom. The number of benzene rings is 1. The molecule has 3 rings (SSSR count). The molecule has 0 fully saturated rings. The summed E-state index contributed by atoms with van der Waals surface area (Å²) < 4.78 is 5.99.